The minimum absolute atomic E-state index is 0.0682. The largest absolute Gasteiger partial charge is 0.450 e. The molecule has 0 aromatic heterocycles. The summed E-state index contributed by atoms with van der Waals surface area (Å²) in [5.41, 5.74) is 0.846. The highest BCUT2D eigenvalue weighted by molar-refractivity contribution is 7.92. The molecule has 0 bridgehead atoms. The summed E-state index contributed by atoms with van der Waals surface area (Å²) in [5.74, 6) is -0.858. The van der Waals surface area contributed by atoms with Gasteiger partial charge < -0.3 is 25.0 Å². The van der Waals surface area contributed by atoms with E-state index >= 15 is 0 Å². The Hall–Kier alpha value is -3.64. The van der Waals surface area contributed by atoms with Gasteiger partial charge in [0.1, 0.15) is 11.6 Å². The van der Waals surface area contributed by atoms with Gasteiger partial charge in [-0.05, 0) is 50.8 Å². The molecule has 1 saturated heterocycles. The lowest BCUT2D eigenvalue weighted by atomic mass is 9.74. The van der Waals surface area contributed by atoms with Crippen LogP contribution in [0.25, 0.3) is 0 Å². The third-order valence-electron chi connectivity index (χ3n) is 7.88. The number of hydrogen-bond acceptors (Lipinski definition) is 7. The summed E-state index contributed by atoms with van der Waals surface area (Å²) in [6, 6.07) is 16.0. The van der Waals surface area contributed by atoms with Gasteiger partial charge in [0, 0.05) is 25.0 Å². The minimum atomic E-state index is -3.46. The van der Waals surface area contributed by atoms with Crippen molar-refractivity contribution in [1.29, 1.82) is 0 Å². The lowest BCUT2D eigenvalue weighted by Gasteiger charge is -2.41. The van der Waals surface area contributed by atoms with Gasteiger partial charge in [-0.2, -0.15) is 0 Å². The molecule has 1 fully saturated rings. The van der Waals surface area contributed by atoms with Gasteiger partial charge in [0.15, 0.2) is 0 Å². The Balaban J connectivity index is 1.47. The van der Waals surface area contributed by atoms with Crippen molar-refractivity contribution in [3.63, 3.8) is 0 Å². The molecular formula is C30H40N4O7S. The van der Waals surface area contributed by atoms with Gasteiger partial charge in [-0.15, -0.1) is 0 Å². The smallest absolute Gasteiger partial charge is 0.407 e. The Morgan fingerprint density at radius 1 is 1.02 bits per heavy atom. The van der Waals surface area contributed by atoms with Crippen LogP contribution in [0.3, 0.4) is 0 Å². The summed E-state index contributed by atoms with van der Waals surface area (Å²) in [4.78, 5) is 40.7. The Morgan fingerprint density at radius 3 is 2.31 bits per heavy atom. The minimum Gasteiger partial charge on any atom is -0.450 e. The van der Waals surface area contributed by atoms with Crippen LogP contribution in [-0.2, 0) is 41.1 Å². The molecule has 1 spiro atoms. The number of sulfonamides is 1. The van der Waals surface area contributed by atoms with Crippen molar-refractivity contribution < 1.29 is 32.3 Å². The number of para-hydroxylation sites is 1. The lowest BCUT2D eigenvalue weighted by molar-refractivity contribution is -0.141. The first-order valence-corrected chi connectivity index (χ1v) is 15.9. The van der Waals surface area contributed by atoms with Crippen LogP contribution >= 0.6 is 0 Å². The Bertz CT molecular complexity index is 1390. The van der Waals surface area contributed by atoms with E-state index in [-0.39, 0.29) is 25.7 Å². The monoisotopic (exact) mass is 600 g/mol. The number of ether oxygens (including phenoxy) is 2. The Morgan fingerprint density at radius 2 is 1.67 bits per heavy atom. The zero-order valence-electron chi connectivity index (χ0n) is 24.6. The van der Waals surface area contributed by atoms with Gasteiger partial charge in [0.2, 0.25) is 21.8 Å². The maximum absolute atomic E-state index is 13.8. The molecule has 2 aliphatic rings. The predicted molar refractivity (Wildman–Crippen MR) is 158 cm³/mol. The van der Waals surface area contributed by atoms with Crippen LogP contribution in [0.15, 0.2) is 54.6 Å². The number of fused-ring (bicyclic) bond motifs is 2. The maximum atomic E-state index is 13.8. The summed E-state index contributed by atoms with van der Waals surface area (Å²) >= 11 is 0. The van der Waals surface area contributed by atoms with Crippen LogP contribution in [0.2, 0.25) is 0 Å². The van der Waals surface area contributed by atoms with Crippen molar-refractivity contribution in [2.24, 2.45) is 0 Å². The summed E-state index contributed by atoms with van der Waals surface area (Å²) in [7, 11) is -3.46. The molecule has 1 atom stereocenters. The number of nitrogens with one attached hydrogen (secondary N) is 2. The van der Waals surface area contributed by atoms with Crippen molar-refractivity contribution in [1.82, 2.24) is 15.5 Å². The number of carbonyl (C=O) groups excluding carboxylic acids is 3. The van der Waals surface area contributed by atoms with Gasteiger partial charge in [0.25, 0.3) is 0 Å². The Kier molecular flexibility index (Phi) is 9.47. The van der Waals surface area contributed by atoms with Gasteiger partial charge in [-0.3, -0.25) is 13.9 Å². The van der Waals surface area contributed by atoms with E-state index in [2.05, 4.69) is 10.6 Å². The number of hydrogen-bond donors (Lipinski definition) is 2. The fraction of sp³-hybridized carbons (Fsp3) is 0.500. The Labute approximate surface area is 247 Å². The van der Waals surface area contributed by atoms with E-state index in [4.69, 9.17) is 9.47 Å². The molecule has 2 aromatic rings. The zero-order chi connectivity index (χ0) is 30.5. The molecule has 4 rings (SSSR count). The van der Waals surface area contributed by atoms with E-state index in [0.717, 1.165) is 11.1 Å². The highest BCUT2D eigenvalue weighted by atomic mass is 32.2. The second-order valence-electron chi connectivity index (χ2n) is 11.4. The van der Waals surface area contributed by atoms with Gasteiger partial charge in [-0.1, -0.05) is 48.5 Å². The second kappa shape index (κ2) is 12.7. The topological polar surface area (TPSA) is 134 Å². The van der Waals surface area contributed by atoms with Crippen LogP contribution in [0.1, 0.15) is 44.7 Å². The SMILES string of the molecule is CCOC(=O)NC(C)(C)C(=O)N[C@H](COCc1ccccc1)C(=O)N1CCC2(CC1)CN(S(C)(=O)=O)c1ccccc12. The molecule has 2 heterocycles. The van der Waals surface area contributed by atoms with E-state index in [1.807, 2.05) is 54.6 Å². The normalized spacial score (nSPS) is 17.0. The fourth-order valence-electron chi connectivity index (χ4n) is 5.55. The zero-order valence-corrected chi connectivity index (χ0v) is 25.4. The highest BCUT2D eigenvalue weighted by Gasteiger charge is 2.48. The molecule has 12 heteroatoms. The van der Waals surface area contributed by atoms with Crippen molar-refractivity contribution in [2.45, 2.75) is 57.2 Å². The van der Waals surface area contributed by atoms with E-state index in [1.165, 1.54) is 24.4 Å². The number of amides is 3. The van der Waals surface area contributed by atoms with Crippen molar-refractivity contribution in [3.8, 4) is 0 Å². The number of benzene rings is 2. The fourth-order valence-corrected chi connectivity index (χ4v) is 6.54. The van der Waals surface area contributed by atoms with Gasteiger partial charge >= 0.3 is 6.09 Å². The molecule has 228 valence electrons. The van der Waals surface area contributed by atoms with E-state index in [1.54, 1.807) is 11.8 Å². The van der Waals surface area contributed by atoms with Crippen LogP contribution in [0.5, 0.6) is 0 Å². The van der Waals surface area contributed by atoms with Crippen LogP contribution in [0.4, 0.5) is 10.5 Å². The number of anilines is 1. The van der Waals surface area contributed by atoms with Crippen molar-refractivity contribution >= 4 is 33.6 Å². The maximum Gasteiger partial charge on any atom is 0.407 e. The quantitative estimate of drug-likeness (QED) is 0.428. The number of likely N-dealkylation sites (tertiary alicyclic amines) is 1. The molecule has 0 saturated carbocycles. The molecule has 0 unspecified atom stereocenters. The molecule has 2 aromatic carbocycles. The van der Waals surface area contributed by atoms with E-state index in [9.17, 15) is 22.8 Å². The standard InChI is InChI=1S/C30H40N4O7S/c1-5-41-28(37)32-29(2,3)27(36)31-24(20-40-19-22-11-7-6-8-12-22)26(35)33-17-15-30(16-18-33)21-34(42(4,38)39)25-14-10-9-13-23(25)30/h6-14,24H,5,15-21H2,1-4H3,(H,31,36)(H,32,37)/t24-/m1/s1. The summed E-state index contributed by atoms with van der Waals surface area (Å²) in [5, 5.41) is 5.31. The van der Waals surface area contributed by atoms with Gasteiger partial charge in [-0.25, -0.2) is 13.2 Å². The predicted octanol–water partition coefficient (Wildman–Crippen LogP) is 2.55. The number of alkyl carbamates (subject to hydrolysis) is 1. The third-order valence-corrected chi connectivity index (χ3v) is 9.01. The summed E-state index contributed by atoms with van der Waals surface area (Å²) in [6.07, 6.45) is 1.62. The third kappa shape index (κ3) is 7.04. The van der Waals surface area contributed by atoms with Crippen LogP contribution in [0, 0.1) is 0 Å². The lowest BCUT2D eigenvalue weighted by Crippen LogP contribution is -2.61. The summed E-state index contributed by atoms with van der Waals surface area (Å²) in [6.45, 7) is 6.18. The van der Waals surface area contributed by atoms with Crippen LogP contribution in [-0.4, -0.2) is 81.9 Å². The number of rotatable bonds is 10. The first kappa shape index (κ1) is 31.3. The molecular weight excluding hydrogens is 560 g/mol. The van der Waals surface area contributed by atoms with E-state index < -0.39 is 39.0 Å². The molecule has 0 radical (unpaired) electrons. The molecule has 2 N–H and O–H groups in total. The summed E-state index contributed by atoms with van der Waals surface area (Å²) < 4.78 is 37.3. The molecule has 0 aliphatic carbocycles. The average molecular weight is 601 g/mol. The first-order chi connectivity index (χ1) is 19.9. The highest BCUT2D eigenvalue weighted by Crippen LogP contribution is 2.47. The first-order valence-electron chi connectivity index (χ1n) is 14.1. The number of nitrogens with zero attached hydrogens (tertiary/aromatic N) is 2. The average Bonchev–Trinajstić information content (AvgIpc) is 3.27. The van der Waals surface area contributed by atoms with Crippen molar-refractivity contribution in [3.05, 3.63) is 65.7 Å². The molecule has 42 heavy (non-hydrogen) atoms. The molecule has 2 aliphatic heterocycles. The second-order valence-corrected chi connectivity index (χ2v) is 13.3. The number of piperidine rings is 1. The van der Waals surface area contributed by atoms with E-state index in [0.29, 0.717) is 38.2 Å². The van der Waals surface area contributed by atoms with Gasteiger partial charge in [0.05, 0.1) is 31.8 Å². The van der Waals surface area contributed by atoms with Crippen molar-refractivity contribution in [2.75, 3.05) is 43.4 Å². The van der Waals surface area contributed by atoms with Crippen LogP contribution < -0.4 is 14.9 Å². The molecule has 11 nitrogen and oxygen atoms in total. The number of carbonyl (C=O) groups is 3. The molecule has 3 amide bonds.